The molecule has 2 atom stereocenters. The molecule has 0 radical (unpaired) electrons. The molecule has 0 rings (SSSR count). The molecule has 2 heteroatoms. The fourth-order valence-corrected chi connectivity index (χ4v) is 1.82. The lowest BCUT2D eigenvalue weighted by Gasteiger charge is -2.10. The Morgan fingerprint density at radius 1 is 1.44 bits per heavy atom. The molecular weight excluding hydrogens is 225 g/mol. The maximum Gasteiger partial charge on any atom is 0.00838 e. The van der Waals surface area contributed by atoms with E-state index in [1.807, 2.05) is 0 Å². The van der Waals surface area contributed by atoms with E-state index in [1.54, 1.807) is 0 Å². The molecule has 0 aliphatic heterocycles. The van der Waals surface area contributed by atoms with Gasteiger partial charge in [0.2, 0.25) is 0 Å². The van der Waals surface area contributed by atoms with Gasteiger partial charge in [-0.25, -0.2) is 0 Å². The van der Waals surface area contributed by atoms with E-state index in [9.17, 15) is 0 Å². The van der Waals surface area contributed by atoms with E-state index in [2.05, 4.69) is 36.4 Å². The fraction of sp³-hybridized carbons (Fsp3) is 1.00. The van der Waals surface area contributed by atoms with Gasteiger partial charge in [-0.2, -0.15) is 0 Å². The van der Waals surface area contributed by atoms with Crippen molar-refractivity contribution in [3.63, 3.8) is 0 Å². The number of halogens is 1. The van der Waals surface area contributed by atoms with Crippen LogP contribution in [-0.4, -0.2) is 10.5 Å². The maximum absolute atomic E-state index is 5.40. The van der Waals surface area contributed by atoms with Gasteiger partial charge in [-0.05, 0) is 25.3 Å². The lowest BCUT2D eigenvalue weighted by atomic mass is 10.0. The Bertz CT molecular complexity index is 63.9. The number of hydrogen-bond acceptors (Lipinski definition) is 1. The predicted octanol–water partition coefficient (Wildman–Crippen LogP) is 2.18. The van der Waals surface area contributed by atoms with Gasteiger partial charge in [0, 0.05) is 3.92 Å². The van der Waals surface area contributed by atoms with Crippen LogP contribution in [0.1, 0.15) is 26.7 Å². The summed E-state index contributed by atoms with van der Waals surface area (Å²) in [7, 11) is 0. The van der Waals surface area contributed by atoms with Gasteiger partial charge in [-0.15, -0.1) is 0 Å². The molecule has 0 saturated carbocycles. The Balaban J connectivity index is 3.15. The molecule has 56 valence electrons. The van der Waals surface area contributed by atoms with Crippen LogP contribution in [0.5, 0.6) is 0 Å². The van der Waals surface area contributed by atoms with Crippen LogP contribution in [0, 0.1) is 5.92 Å². The van der Waals surface area contributed by atoms with Gasteiger partial charge >= 0.3 is 0 Å². The molecule has 0 bridgehead atoms. The third kappa shape index (κ3) is 6.58. The Morgan fingerprint density at radius 3 is 2.33 bits per heavy atom. The first-order valence-corrected chi connectivity index (χ1v) is 4.75. The van der Waals surface area contributed by atoms with Crippen LogP contribution in [0.25, 0.3) is 0 Å². The zero-order valence-electron chi connectivity index (χ0n) is 6.23. The largest absolute Gasteiger partial charge is 0.330 e. The molecule has 0 spiro atoms. The molecular formula is C7H16IN. The molecule has 0 amide bonds. The van der Waals surface area contributed by atoms with E-state index in [4.69, 9.17) is 5.73 Å². The van der Waals surface area contributed by atoms with Gasteiger partial charge in [-0.1, -0.05) is 36.4 Å². The van der Waals surface area contributed by atoms with E-state index in [1.165, 1.54) is 12.8 Å². The highest BCUT2D eigenvalue weighted by atomic mass is 127. The van der Waals surface area contributed by atoms with Crippen molar-refractivity contribution in [3.8, 4) is 0 Å². The number of nitrogens with two attached hydrogens (primary N) is 1. The summed E-state index contributed by atoms with van der Waals surface area (Å²) in [5.41, 5.74) is 5.40. The first-order chi connectivity index (χ1) is 4.16. The quantitative estimate of drug-likeness (QED) is 0.592. The average Bonchev–Trinajstić information content (AvgIpc) is 1.63. The van der Waals surface area contributed by atoms with E-state index in [-0.39, 0.29) is 0 Å². The molecule has 0 aromatic carbocycles. The minimum atomic E-state index is 0.796. The topological polar surface area (TPSA) is 26.0 Å². The van der Waals surface area contributed by atoms with E-state index in [0.717, 1.165) is 16.4 Å². The Hall–Kier alpha value is 0.690. The molecule has 0 saturated heterocycles. The SMILES string of the molecule is CC(I)CC(C)CCN. The molecule has 0 aromatic heterocycles. The summed E-state index contributed by atoms with van der Waals surface area (Å²) in [6.07, 6.45) is 2.48. The van der Waals surface area contributed by atoms with Crippen LogP contribution >= 0.6 is 22.6 Å². The Labute approximate surface area is 71.5 Å². The van der Waals surface area contributed by atoms with Crippen LogP contribution in [-0.2, 0) is 0 Å². The van der Waals surface area contributed by atoms with E-state index >= 15 is 0 Å². The second-order valence-corrected chi connectivity index (χ2v) is 4.83. The van der Waals surface area contributed by atoms with Gasteiger partial charge in [0.1, 0.15) is 0 Å². The summed E-state index contributed by atoms with van der Waals surface area (Å²) in [6.45, 7) is 5.35. The Kier molecular flexibility index (Phi) is 5.89. The standard InChI is InChI=1S/C7H16IN/c1-6(3-4-9)5-7(2)8/h6-7H,3-5,9H2,1-2H3. The molecule has 2 N–H and O–H groups in total. The fourth-order valence-electron chi connectivity index (χ4n) is 0.957. The second kappa shape index (κ2) is 5.47. The maximum atomic E-state index is 5.40. The van der Waals surface area contributed by atoms with Crippen LogP contribution in [0.4, 0.5) is 0 Å². The predicted molar refractivity (Wildman–Crippen MR) is 50.9 cm³/mol. The molecule has 0 fully saturated rings. The lowest BCUT2D eigenvalue weighted by molar-refractivity contribution is 0.505. The smallest absolute Gasteiger partial charge is 0.00838 e. The van der Waals surface area contributed by atoms with Crippen LogP contribution in [0.15, 0.2) is 0 Å². The van der Waals surface area contributed by atoms with Crippen LogP contribution < -0.4 is 5.73 Å². The van der Waals surface area contributed by atoms with Crippen molar-refractivity contribution >= 4 is 22.6 Å². The normalized spacial score (nSPS) is 17.3. The highest BCUT2D eigenvalue weighted by molar-refractivity contribution is 14.1. The minimum absolute atomic E-state index is 0.796. The summed E-state index contributed by atoms with van der Waals surface area (Å²) < 4.78 is 0.796. The number of alkyl halides is 1. The zero-order valence-corrected chi connectivity index (χ0v) is 8.39. The highest BCUT2D eigenvalue weighted by Gasteiger charge is 2.03. The Morgan fingerprint density at radius 2 is 2.00 bits per heavy atom. The van der Waals surface area contributed by atoms with Gasteiger partial charge < -0.3 is 5.73 Å². The van der Waals surface area contributed by atoms with Gasteiger partial charge in [0.15, 0.2) is 0 Å². The summed E-state index contributed by atoms with van der Waals surface area (Å²) in [4.78, 5) is 0. The minimum Gasteiger partial charge on any atom is -0.330 e. The first kappa shape index (κ1) is 9.69. The van der Waals surface area contributed by atoms with Crippen LogP contribution in [0.3, 0.4) is 0 Å². The van der Waals surface area contributed by atoms with Crippen molar-refractivity contribution in [2.24, 2.45) is 11.7 Å². The van der Waals surface area contributed by atoms with Crippen molar-refractivity contribution in [2.45, 2.75) is 30.6 Å². The molecule has 1 nitrogen and oxygen atoms in total. The van der Waals surface area contributed by atoms with Crippen LogP contribution in [0.2, 0.25) is 0 Å². The second-order valence-electron chi connectivity index (χ2n) is 2.70. The first-order valence-electron chi connectivity index (χ1n) is 3.51. The van der Waals surface area contributed by atoms with Gasteiger partial charge in [0.05, 0.1) is 0 Å². The molecule has 2 unspecified atom stereocenters. The summed E-state index contributed by atoms with van der Waals surface area (Å²) in [5.74, 6) is 0.807. The third-order valence-corrected chi connectivity index (χ3v) is 1.90. The number of rotatable bonds is 4. The summed E-state index contributed by atoms with van der Waals surface area (Å²) in [6, 6.07) is 0. The molecule has 0 aliphatic rings. The zero-order chi connectivity index (χ0) is 7.28. The molecule has 9 heavy (non-hydrogen) atoms. The van der Waals surface area contributed by atoms with Gasteiger partial charge in [-0.3, -0.25) is 0 Å². The van der Waals surface area contributed by atoms with Crippen molar-refractivity contribution in [1.82, 2.24) is 0 Å². The van der Waals surface area contributed by atoms with Crippen molar-refractivity contribution in [2.75, 3.05) is 6.54 Å². The van der Waals surface area contributed by atoms with E-state index in [0.29, 0.717) is 0 Å². The molecule has 0 heterocycles. The lowest BCUT2D eigenvalue weighted by Crippen LogP contribution is -2.08. The third-order valence-electron chi connectivity index (χ3n) is 1.39. The van der Waals surface area contributed by atoms with Gasteiger partial charge in [0.25, 0.3) is 0 Å². The number of hydrogen-bond donors (Lipinski definition) is 1. The van der Waals surface area contributed by atoms with Crippen molar-refractivity contribution < 1.29 is 0 Å². The average molecular weight is 241 g/mol. The van der Waals surface area contributed by atoms with Crippen molar-refractivity contribution in [1.29, 1.82) is 0 Å². The summed E-state index contributed by atoms with van der Waals surface area (Å²) >= 11 is 2.46. The van der Waals surface area contributed by atoms with Crippen molar-refractivity contribution in [3.05, 3.63) is 0 Å². The molecule has 0 aliphatic carbocycles. The van der Waals surface area contributed by atoms with E-state index < -0.39 is 0 Å². The monoisotopic (exact) mass is 241 g/mol. The molecule has 0 aromatic rings. The summed E-state index contributed by atoms with van der Waals surface area (Å²) in [5, 5.41) is 0. The highest BCUT2D eigenvalue weighted by Crippen LogP contribution is 2.14.